The van der Waals surface area contributed by atoms with Crippen molar-refractivity contribution < 1.29 is 8.91 Å². The van der Waals surface area contributed by atoms with E-state index < -0.39 is 17.6 Å². The van der Waals surface area contributed by atoms with Gasteiger partial charge in [0.25, 0.3) is 0 Å². The van der Waals surface area contributed by atoms with Gasteiger partial charge in [-0.1, -0.05) is 0 Å². The Bertz CT molecular complexity index is 101. The van der Waals surface area contributed by atoms with Gasteiger partial charge in [0, 0.05) is 0 Å². The summed E-state index contributed by atoms with van der Waals surface area (Å²) in [6.07, 6.45) is 0. The van der Waals surface area contributed by atoms with Gasteiger partial charge in [0.2, 0.25) is 0 Å². The van der Waals surface area contributed by atoms with Crippen LogP contribution < -0.4 is 0 Å². The van der Waals surface area contributed by atoms with Crippen molar-refractivity contribution in [2.45, 2.75) is 19.6 Å². The number of rotatable bonds is 3. The molecule has 0 aliphatic rings. The average molecular weight is 161 g/mol. The van der Waals surface area contributed by atoms with Crippen LogP contribution in [0.5, 0.6) is 0 Å². The molecule has 0 aromatic rings. The average Bonchev–Trinajstić information content (AvgIpc) is 1.63. The summed E-state index contributed by atoms with van der Waals surface area (Å²) >= 11 is 0. The first kappa shape index (κ1) is 9.09. The Hall–Kier alpha value is 0.0938. The first-order valence-corrected chi connectivity index (χ1v) is 8.17. The summed E-state index contributed by atoms with van der Waals surface area (Å²) in [7, 11) is -3.80. The zero-order chi connectivity index (χ0) is 7.49. The molecule has 0 saturated heterocycles. The smallest absolute Gasteiger partial charge is 0.384 e. The van der Waals surface area contributed by atoms with Crippen molar-refractivity contribution in [2.75, 3.05) is 0 Å². The molecule has 9 heavy (non-hydrogen) atoms. The van der Waals surface area contributed by atoms with Crippen LogP contribution in [-0.2, 0) is 8.91 Å². The zero-order valence-electron chi connectivity index (χ0n) is 6.18. The normalized spacial score (nSPS) is 17.4. The molecule has 1 atom stereocenters. The molecule has 0 amide bonds. The maximum Gasteiger partial charge on any atom is 0.384 e. The van der Waals surface area contributed by atoms with Gasteiger partial charge in [-0.15, -0.1) is 6.58 Å². The minimum absolute atomic E-state index is 1.14. The fourth-order valence-corrected chi connectivity index (χ4v) is 4.65. The molecule has 0 bridgehead atoms. The van der Waals surface area contributed by atoms with Gasteiger partial charge in [0.15, 0.2) is 9.04 Å². The molecule has 0 spiro atoms. The van der Waals surface area contributed by atoms with Crippen molar-refractivity contribution in [3.63, 3.8) is 0 Å². The van der Waals surface area contributed by atoms with E-state index in [0.717, 1.165) is 0 Å². The Morgan fingerprint density at radius 3 is 2.22 bits per heavy atom. The molecule has 0 aromatic carbocycles. The highest BCUT2D eigenvalue weighted by atomic mass is 28.4. The molecule has 0 aliphatic carbocycles. The summed E-state index contributed by atoms with van der Waals surface area (Å²) in [5, 5.41) is 0. The Kier molecular flexibility index (Phi) is 3.34. The predicted octanol–water partition coefficient (Wildman–Crippen LogP) is 1.21. The van der Waals surface area contributed by atoms with Crippen LogP contribution >= 0.6 is 0 Å². The lowest BCUT2D eigenvalue weighted by Crippen LogP contribution is -2.35. The van der Waals surface area contributed by atoms with Gasteiger partial charge in [-0.3, -0.25) is 4.80 Å². The fraction of sp³-hybridized carbons (Fsp3) is 0.600. The summed E-state index contributed by atoms with van der Waals surface area (Å²) in [4.78, 5) is 11.1. The molecule has 4 heteroatoms. The Balaban J connectivity index is 3.71. The molecule has 0 rings (SSSR count). The lowest BCUT2D eigenvalue weighted by molar-refractivity contribution is 0.332. The minimum Gasteiger partial charge on any atom is -0.435 e. The van der Waals surface area contributed by atoms with Crippen molar-refractivity contribution in [3.05, 3.63) is 12.3 Å². The van der Waals surface area contributed by atoms with Crippen LogP contribution in [0.25, 0.3) is 0 Å². The quantitative estimate of drug-likeness (QED) is 0.572. The van der Waals surface area contributed by atoms with Gasteiger partial charge in [-0.25, -0.2) is 0 Å². The Morgan fingerprint density at radius 2 is 2.11 bits per heavy atom. The third-order valence-corrected chi connectivity index (χ3v) is 5.34. The molecule has 0 heterocycles. The van der Waals surface area contributed by atoms with Crippen molar-refractivity contribution in [1.29, 1.82) is 0 Å². The first-order valence-electron chi connectivity index (χ1n) is 3.00. The van der Waals surface area contributed by atoms with Gasteiger partial charge in [-0.05, 0) is 25.3 Å². The highest BCUT2D eigenvalue weighted by molar-refractivity contribution is 6.76. The van der Waals surface area contributed by atoms with E-state index in [1.54, 1.807) is 6.55 Å². The largest absolute Gasteiger partial charge is 0.435 e. The zero-order valence-corrected chi connectivity index (χ0v) is 8.33. The maximum atomic E-state index is 11.1. The molecular formula is C5H13O2Si2. The van der Waals surface area contributed by atoms with E-state index in [4.69, 9.17) is 4.12 Å². The highest BCUT2D eigenvalue weighted by Crippen LogP contribution is 2.03. The number of hydrogen-bond donors (Lipinski definition) is 0. The van der Waals surface area contributed by atoms with Crippen LogP contribution in [-0.4, -0.2) is 17.6 Å². The fourth-order valence-electron chi connectivity index (χ4n) is 0.516. The number of hydrogen-bond acceptors (Lipinski definition) is 1. The van der Waals surface area contributed by atoms with Crippen LogP contribution in [0.1, 0.15) is 0 Å². The Morgan fingerprint density at radius 1 is 1.67 bits per heavy atom. The van der Waals surface area contributed by atoms with Gasteiger partial charge < -0.3 is 4.12 Å². The minimum atomic E-state index is -2.66. The SMILES string of the molecule is C=C[Si](C)([O])O[SiH](C)C. The molecule has 53 valence electrons. The summed E-state index contributed by atoms with van der Waals surface area (Å²) in [5.41, 5.74) is 1.43. The lowest BCUT2D eigenvalue weighted by atomic mass is 11.3. The van der Waals surface area contributed by atoms with Crippen molar-refractivity contribution in [2.24, 2.45) is 0 Å². The second-order valence-corrected chi connectivity index (χ2v) is 7.87. The lowest BCUT2D eigenvalue weighted by Gasteiger charge is -2.15. The van der Waals surface area contributed by atoms with E-state index in [9.17, 15) is 4.80 Å². The van der Waals surface area contributed by atoms with Crippen LogP contribution in [0.2, 0.25) is 19.6 Å². The van der Waals surface area contributed by atoms with E-state index in [0.29, 0.717) is 0 Å². The summed E-state index contributed by atoms with van der Waals surface area (Å²) in [6.45, 7) is 9.04. The van der Waals surface area contributed by atoms with Gasteiger partial charge >= 0.3 is 8.56 Å². The van der Waals surface area contributed by atoms with E-state index in [1.165, 1.54) is 5.70 Å². The Labute approximate surface area is 59.1 Å². The standard InChI is InChI=1S/C5H13O2Si2/c1-5-9(4,6)7-8(2)3/h5,8H,1H2,2-4H3. The van der Waals surface area contributed by atoms with Crippen LogP contribution in [0, 0.1) is 0 Å². The summed E-state index contributed by atoms with van der Waals surface area (Å²) in [5.74, 6) is 0. The molecule has 1 unspecified atom stereocenters. The van der Waals surface area contributed by atoms with E-state index >= 15 is 0 Å². The molecule has 2 nitrogen and oxygen atoms in total. The second-order valence-electron chi connectivity index (χ2n) is 2.39. The molecular weight excluding hydrogens is 148 g/mol. The monoisotopic (exact) mass is 161 g/mol. The highest BCUT2D eigenvalue weighted by Gasteiger charge is 2.25. The van der Waals surface area contributed by atoms with Crippen LogP contribution in [0.15, 0.2) is 12.3 Å². The molecule has 0 aromatic heterocycles. The van der Waals surface area contributed by atoms with Gasteiger partial charge in [0.05, 0.1) is 0 Å². The van der Waals surface area contributed by atoms with Crippen molar-refractivity contribution >= 4 is 17.6 Å². The van der Waals surface area contributed by atoms with Gasteiger partial charge in [-0.2, -0.15) is 0 Å². The first-order chi connectivity index (χ1) is 3.98. The van der Waals surface area contributed by atoms with Crippen LogP contribution in [0.4, 0.5) is 0 Å². The second kappa shape index (κ2) is 3.31. The van der Waals surface area contributed by atoms with Crippen molar-refractivity contribution in [3.8, 4) is 0 Å². The van der Waals surface area contributed by atoms with E-state index in [-0.39, 0.29) is 0 Å². The van der Waals surface area contributed by atoms with Crippen LogP contribution in [0.3, 0.4) is 0 Å². The molecule has 0 saturated carbocycles. The third-order valence-electron chi connectivity index (χ3n) is 0.840. The third kappa shape index (κ3) is 4.59. The van der Waals surface area contributed by atoms with Crippen molar-refractivity contribution in [1.82, 2.24) is 0 Å². The molecule has 0 aliphatic heterocycles. The van der Waals surface area contributed by atoms with E-state index in [2.05, 4.69) is 6.58 Å². The molecule has 0 fully saturated rings. The predicted molar refractivity (Wildman–Crippen MR) is 42.5 cm³/mol. The van der Waals surface area contributed by atoms with E-state index in [1.807, 2.05) is 13.1 Å². The molecule has 0 N–H and O–H groups in total. The summed E-state index contributed by atoms with van der Waals surface area (Å²) in [6, 6.07) is 0. The van der Waals surface area contributed by atoms with Gasteiger partial charge in [0.1, 0.15) is 0 Å². The summed E-state index contributed by atoms with van der Waals surface area (Å²) < 4.78 is 5.19. The maximum absolute atomic E-state index is 11.1. The topological polar surface area (TPSA) is 29.1 Å². The molecule has 1 radical (unpaired) electrons.